The molecule has 2 aliphatic rings. The van der Waals surface area contributed by atoms with Gasteiger partial charge in [0.05, 0.1) is 18.3 Å². The number of methoxy groups -OCH3 is 1. The monoisotopic (exact) mass is 440 g/mol. The highest BCUT2D eigenvalue weighted by Crippen LogP contribution is 2.27. The maximum atomic E-state index is 13.4. The molecule has 0 spiro atoms. The lowest BCUT2D eigenvalue weighted by molar-refractivity contribution is -0.0156. The van der Waals surface area contributed by atoms with Crippen LogP contribution >= 0.6 is 0 Å². The average molecular weight is 441 g/mol. The number of amides is 1. The van der Waals surface area contributed by atoms with Crippen molar-refractivity contribution >= 4 is 5.91 Å². The lowest BCUT2D eigenvalue weighted by Crippen LogP contribution is -2.51. The maximum absolute atomic E-state index is 13.4. The van der Waals surface area contributed by atoms with E-state index in [2.05, 4.69) is 23.1 Å². The molecule has 2 aliphatic heterocycles. The normalized spacial score (nSPS) is 23.3. The molecule has 3 heterocycles. The second-order valence-electron chi connectivity index (χ2n) is 8.83. The second kappa shape index (κ2) is 11.0. The molecule has 0 saturated carbocycles. The molecule has 0 radical (unpaired) electrons. The van der Waals surface area contributed by atoms with Crippen molar-refractivity contribution in [1.82, 2.24) is 19.6 Å². The van der Waals surface area contributed by atoms with Crippen molar-refractivity contribution in [2.75, 3.05) is 33.4 Å². The topological polar surface area (TPSA) is 59.8 Å². The summed E-state index contributed by atoms with van der Waals surface area (Å²) in [6.45, 7) is 7.09. The van der Waals surface area contributed by atoms with Gasteiger partial charge in [0.2, 0.25) is 0 Å². The highest BCUT2D eigenvalue weighted by molar-refractivity contribution is 5.95. The number of nitrogens with zero attached hydrogens (tertiary/aromatic N) is 4. The van der Waals surface area contributed by atoms with E-state index in [9.17, 15) is 4.79 Å². The fourth-order valence-electron chi connectivity index (χ4n) is 4.95. The molecule has 1 aromatic carbocycles. The molecule has 1 aromatic heterocycles. The molecular formula is C25H36N4O3. The number of rotatable bonds is 4. The highest BCUT2D eigenvalue weighted by Gasteiger charge is 2.34. The minimum atomic E-state index is 0.0915. The first-order valence-electron chi connectivity index (χ1n) is 12.0. The van der Waals surface area contributed by atoms with E-state index in [0.29, 0.717) is 12.2 Å². The van der Waals surface area contributed by atoms with Gasteiger partial charge in [0.1, 0.15) is 12.4 Å². The van der Waals surface area contributed by atoms with Crippen LogP contribution in [0.15, 0.2) is 36.7 Å². The van der Waals surface area contributed by atoms with Crippen molar-refractivity contribution in [1.29, 1.82) is 0 Å². The standard InChI is InChI=1S/C25H36N4O3/c1-3-28-19-20(17-26-28)18-27-12-5-4-10-23-24(31-2)11-7-13-29(23)25(30)21-8-6-9-22(16-21)32-15-14-27/h6,8-9,16-17,19,23-24H,3-5,7,10-15,18H2,1-2H3/t23-,24-/m1/s1. The zero-order valence-electron chi connectivity index (χ0n) is 19.4. The zero-order chi connectivity index (χ0) is 22.3. The molecule has 0 unspecified atom stereocenters. The zero-order valence-corrected chi connectivity index (χ0v) is 19.4. The molecule has 1 saturated heterocycles. The summed E-state index contributed by atoms with van der Waals surface area (Å²) in [4.78, 5) is 17.8. The van der Waals surface area contributed by atoms with Crippen LogP contribution in [0.3, 0.4) is 0 Å². The third kappa shape index (κ3) is 5.51. The summed E-state index contributed by atoms with van der Waals surface area (Å²) in [5.74, 6) is 0.845. The SMILES string of the molecule is CCn1cc(CN2CCCC[C@@H]3[C@H](OC)CCCN3C(=O)c3cccc(c3)OCC2)cn1. The van der Waals surface area contributed by atoms with Crippen LogP contribution in [0.1, 0.15) is 54.9 Å². The van der Waals surface area contributed by atoms with Crippen LogP contribution in [0.25, 0.3) is 0 Å². The van der Waals surface area contributed by atoms with Crippen molar-refractivity contribution in [3.05, 3.63) is 47.8 Å². The first-order valence-corrected chi connectivity index (χ1v) is 12.0. The largest absolute Gasteiger partial charge is 0.492 e. The fraction of sp³-hybridized carbons (Fsp3) is 0.600. The maximum Gasteiger partial charge on any atom is 0.254 e. The van der Waals surface area contributed by atoms with Gasteiger partial charge in [0.15, 0.2) is 0 Å². The summed E-state index contributed by atoms with van der Waals surface area (Å²) in [5, 5.41) is 4.42. The molecule has 174 valence electrons. The number of benzene rings is 1. The Hall–Kier alpha value is -2.38. The van der Waals surface area contributed by atoms with Crippen LogP contribution in [0.4, 0.5) is 0 Å². The molecule has 0 N–H and O–H groups in total. The van der Waals surface area contributed by atoms with Gasteiger partial charge < -0.3 is 14.4 Å². The predicted molar refractivity (Wildman–Crippen MR) is 124 cm³/mol. The smallest absolute Gasteiger partial charge is 0.254 e. The third-order valence-corrected chi connectivity index (χ3v) is 6.68. The molecule has 1 amide bonds. The molecule has 2 aromatic rings. The van der Waals surface area contributed by atoms with E-state index in [1.165, 1.54) is 5.56 Å². The average Bonchev–Trinajstić information content (AvgIpc) is 3.28. The number of ether oxygens (including phenoxy) is 2. The van der Waals surface area contributed by atoms with E-state index >= 15 is 0 Å². The Bertz CT molecular complexity index is 884. The molecular weight excluding hydrogens is 404 g/mol. The van der Waals surface area contributed by atoms with E-state index in [1.807, 2.05) is 40.0 Å². The van der Waals surface area contributed by atoms with Crippen molar-refractivity contribution in [3.63, 3.8) is 0 Å². The number of carbonyl (C=O) groups excluding carboxylic acids is 1. The number of fused-ring (bicyclic) bond motifs is 3. The highest BCUT2D eigenvalue weighted by atomic mass is 16.5. The first-order chi connectivity index (χ1) is 15.7. The van der Waals surface area contributed by atoms with Crippen molar-refractivity contribution in [2.24, 2.45) is 0 Å². The summed E-state index contributed by atoms with van der Waals surface area (Å²) in [6, 6.07) is 7.76. The van der Waals surface area contributed by atoms with E-state index in [1.54, 1.807) is 7.11 Å². The van der Waals surface area contributed by atoms with Gasteiger partial charge in [-0.3, -0.25) is 14.4 Å². The van der Waals surface area contributed by atoms with Gasteiger partial charge in [0.25, 0.3) is 5.91 Å². The Balaban J connectivity index is 1.52. The Morgan fingerprint density at radius 1 is 1.16 bits per heavy atom. The van der Waals surface area contributed by atoms with Crippen molar-refractivity contribution in [2.45, 2.75) is 64.3 Å². The number of hydrogen-bond acceptors (Lipinski definition) is 5. The Morgan fingerprint density at radius 2 is 2.06 bits per heavy atom. The van der Waals surface area contributed by atoms with Crippen molar-refractivity contribution < 1.29 is 14.3 Å². The van der Waals surface area contributed by atoms with Gasteiger partial charge in [-0.2, -0.15) is 5.10 Å². The number of hydrogen-bond donors (Lipinski definition) is 0. The van der Waals surface area contributed by atoms with E-state index in [4.69, 9.17) is 9.47 Å². The molecule has 7 nitrogen and oxygen atoms in total. The van der Waals surface area contributed by atoms with E-state index < -0.39 is 0 Å². The molecule has 7 heteroatoms. The van der Waals surface area contributed by atoms with Gasteiger partial charge >= 0.3 is 0 Å². The minimum Gasteiger partial charge on any atom is -0.492 e. The molecule has 2 bridgehead atoms. The molecule has 2 atom stereocenters. The number of aryl methyl sites for hydroxylation is 1. The van der Waals surface area contributed by atoms with Gasteiger partial charge in [-0.15, -0.1) is 0 Å². The molecule has 4 rings (SSSR count). The molecule has 1 fully saturated rings. The van der Waals surface area contributed by atoms with Crippen molar-refractivity contribution in [3.8, 4) is 5.75 Å². The Morgan fingerprint density at radius 3 is 2.88 bits per heavy atom. The van der Waals surface area contributed by atoms with E-state index in [0.717, 1.165) is 70.6 Å². The van der Waals surface area contributed by atoms with Crippen LogP contribution in [0, 0.1) is 0 Å². The number of aromatic nitrogens is 2. The molecule has 0 aliphatic carbocycles. The van der Waals surface area contributed by atoms with Crippen LogP contribution in [-0.4, -0.2) is 71.0 Å². The predicted octanol–water partition coefficient (Wildman–Crippen LogP) is 3.59. The summed E-state index contributed by atoms with van der Waals surface area (Å²) in [6.07, 6.45) is 9.33. The van der Waals surface area contributed by atoms with Crippen LogP contribution < -0.4 is 4.74 Å². The third-order valence-electron chi connectivity index (χ3n) is 6.68. The van der Waals surface area contributed by atoms with Crippen LogP contribution in [0.5, 0.6) is 5.75 Å². The first kappa shape index (κ1) is 22.8. The lowest BCUT2D eigenvalue weighted by Gasteiger charge is -2.41. The van der Waals surface area contributed by atoms with Gasteiger partial charge in [-0.05, 0) is 57.4 Å². The van der Waals surface area contributed by atoms with E-state index in [-0.39, 0.29) is 18.1 Å². The van der Waals surface area contributed by atoms with Gasteiger partial charge in [0, 0.05) is 50.6 Å². The lowest BCUT2D eigenvalue weighted by atomic mass is 9.93. The summed E-state index contributed by atoms with van der Waals surface area (Å²) in [5.41, 5.74) is 1.93. The second-order valence-corrected chi connectivity index (χ2v) is 8.83. The fourth-order valence-corrected chi connectivity index (χ4v) is 4.95. The molecule has 32 heavy (non-hydrogen) atoms. The quantitative estimate of drug-likeness (QED) is 0.727. The Kier molecular flexibility index (Phi) is 7.81. The number of piperidine rings is 1. The summed E-state index contributed by atoms with van der Waals surface area (Å²) >= 11 is 0. The summed E-state index contributed by atoms with van der Waals surface area (Å²) in [7, 11) is 1.77. The van der Waals surface area contributed by atoms with Crippen LogP contribution in [0.2, 0.25) is 0 Å². The van der Waals surface area contributed by atoms with Crippen LogP contribution in [-0.2, 0) is 17.8 Å². The Labute approximate surface area is 191 Å². The van der Waals surface area contributed by atoms with Gasteiger partial charge in [-0.1, -0.05) is 12.5 Å². The summed E-state index contributed by atoms with van der Waals surface area (Å²) < 4.78 is 13.8. The number of carbonyl (C=O) groups is 1. The minimum absolute atomic E-state index is 0.0915. The van der Waals surface area contributed by atoms with Gasteiger partial charge in [-0.25, -0.2) is 0 Å².